The van der Waals surface area contributed by atoms with E-state index >= 15 is 0 Å². The molecule has 3 amide bonds. The normalized spacial score (nSPS) is 26.1. The second-order valence-corrected chi connectivity index (χ2v) is 18.5. The van der Waals surface area contributed by atoms with Crippen molar-refractivity contribution in [1.29, 1.82) is 0 Å². The van der Waals surface area contributed by atoms with E-state index < -0.39 is 166 Å². The predicted molar refractivity (Wildman–Crippen MR) is 254 cm³/mol. The van der Waals surface area contributed by atoms with E-state index in [4.69, 9.17) is 28.4 Å². The Morgan fingerprint density at radius 2 is 1.49 bits per heavy atom. The van der Waals surface area contributed by atoms with Crippen molar-refractivity contribution in [3.05, 3.63) is 105 Å². The van der Waals surface area contributed by atoms with Crippen LogP contribution in [0.5, 0.6) is 23.0 Å². The molecule has 4 aromatic rings. The number of ketones is 2. The van der Waals surface area contributed by atoms with Gasteiger partial charge in [-0.05, 0) is 55.2 Å². The lowest BCUT2D eigenvalue weighted by Gasteiger charge is -2.49. The van der Waals surface area contributed by atoms with Gasteiger partial charge in [-0.3, -0.25) is 24.0 Å². The number of aliphatic hydroxyl groups is 5. The molecule has 11 N–H and O–H groups in total. The van der Waals surface area contributed by atoms with E-state index in [0.717, 1.165) is 29.5 Å². The Balaban J connectivity index is 1.16. The molecule has 2 aliphatic carbocycles. The fraction of sp³-hybridized carbons (Fsp3) is 0.412. The molecule has 24 nitrogen and oxygen atoms in total. The number of aryl methyl sites for hydroxylation is 1. The van der Waals surface area contributed by atoms with Crippen LogP contribution in [0.3, 0.4) is 0 Å². The number of aliphatic hydroxyl groups excluding tert-OH is 5. The number of carbonyl (C=O) groups is 6. The van der Waals surface area contributed by atoms with Gasteiger partial charge < -0.3 is 89.9 Å². The van der Waals surface area contributed by atoms with Crippen LogP contribution < -0.4 is 15.4 Å². The number of rotatable bonds is 14. The number of carbonyl (C=O) groups excluding carboxylic acids is 5. The molecular weight excluding hydrogens is 991 g/mol. The number of benzene rings is 4. The number of phenols is 3. The number of aliphatic carboxylic acids is 1. The van der Waals surface area contributed by atoms with Crippen LogP contribution in [0.4, 0.5) is 4.79 Å². The quantitative estimate of drug-likeness (QED) is 0.0737. The van der Waals surface area contributed by atoms with Gasteiger partial charge in [0.15, 0.2) is 24.1 Å². The standard InChI is InChI=1S/C51H55N3O21/c1-19-13-27-34(41(62)31(19)47(66)53-20(2)48(67)68)33-25(16-26-35(42(33)63)38(59)24-14-23(70-5)15-28(55)32(24)37(26)58)39(60)45(27)74-50-44(65)46(75-49-43(64)40(61)29(56)18-71-49)36(21(3)73-50)54(4)30(57)11-12-52-51(69)72-17-22-9-7-6-8-10-22/h6-10,13-16,20-21,29,36,39-40,43-46,49-50,55-56,60-65H,11-12,17-18H2,1-5H3,(H,52,69)(H,53,66)(H,67,68)/t20-,21-,29-,36+,39+,40+,43-,44-,45+,46+,49+,50+/m1/s1. The molecule has 2 heterocycles. The first kappa shape index (κ1) is 54.0. The van der Waals surface area contributed by atoms with Gasteiger partial charge >= 0.3 is 12.1 Å². The maximum atomic E-state index is 14.3. The minimum Gasteiger partial charge on any atom is -0.507 e. The summed E-state index contributed by atoms with van der Waals surface area (Å²) in [7, 11) is 2.58. The molecule has 24 heteroatoms. The second kappa shape index (κ2) is 21.5. The van der Waals surface area contributed by atoms with Crippen molar-refractivity contribution in [2.24, 2.45) is 0 Å². The number of fused-ring (bicyclic) bond motifs is 5. The van der Waals surface area contributed by atoms with Crippen LogP contribution in [-0.4, -0.2) is 175 Å². The summed E-state index contributed by atoms with van der Waals surface area (Å²) in [5, 5.41) is 106. The summed E-state index contributed by atoms with van der Waals surface area (Å²) in [6.07, 6.45) is -18.7. The lowest BCUT2D eigenvalue weighted by molar-refractivity contribution is -0.345. The van der Waals surface area contributed by atoms with Gasteiger partial charge in [-0.1, -0.05) is 36.4 Å². The van der Waals surface area contributed by atoms with Crippen LogP contribution in [-0.2, 0) is 39.9 Å². The van der Waals surface area contributed by atoms with Gasteiger partial charge in [0, 0.05) is 48.3 Å². The molecule has 2 aliphatic heterocycles. The van der Waals surface area contributed by atoms with E-state index in [0.29, 0.717) is 0 Å². The molecule has 75 heavy (non-hydrogen) atoms. The van der Waals surface area contributed by atoms with Crippen LogP contribution in [0, 0.1) is 6.92 Å². The Morgan fingerprint density at radius 1 is 0.827 bits per heavy atom. The zero-order valence-electron chi connectivity index (χ0n) is 40.8. The Morgan fingerprint density at radius 3 is 2.17 bits per heavy atom. The number of aromatic hydroxyl groups is 3. The number of ether oxygens (including phenoxy) is 6. The maximum absolute atomic E-state index is 14.3. The van der Waals surface area contributed by atoms with E-state index in [1.165, 1.54) is 40.1 Å². The molecule has 2 saturated heterocycles. The molecule has 0 radical (unpaired) electrons. The molecular formula is C51H55N3O21. The van der Waals surface area contributed by atoms with Crippen molar-refractivity contribution in [2.45, 2.75) is 107 Å². The molecule has 4 aliphatic rings. The molecule has 0 unspecified atom stereocenters. The van der Waals surface area contributed by atoms with E-state index in [1.807, 2.05) is 0 Å². The Bertz CT molecular complexity index is 2930. The summed E-state index contributed by atoms with van der Waals surface area (Å²) in [4.78, 5) is 81.4. The Hall–Kier alpha value is -7.26. The number of hydrogen-bond donors (Lipinski definition) is 11. The fourth-order valence-corrected chi connectivity index (χ4v) is 9.80. The van der Waals surface area contributed by atoms with Crippen molar-refractivity contribution in [2.75, 3.05) is 27.3 Å². The Kier molecular flexibility index (Phi) is 15.5. The first-order chi connectivity index (χ1) is 35.5. The topological polar surface area (TPSA) is 367 Å². The third-order valence-corrected chi connectivity index (χ3v) is 13.7. The summed E-state index contributed by atoms with van der Waals surface area (Å²) in [5.41, 5.74) is -3.26. The Labute approximate surface area is 426 Å². The monoisotopic (exact) mass is 1050 g/mol. The van der Waals surface area contributed by atoms with Gasteiger partial charge in [0.2, 0.25) is 5.91 Å². The average Bonchev–Trinajstić information content (AvgIpc) is 3.39. The number of nitrogens with one attached hydrogen (secondary N) is 2. The number of methoxy groups -OCH3 is 1. The van der Waals surface area contributed by atoms with Crippen LogP contribution in [0.25, 0.3) is 11.1 Å². The highest BCUT2D eigenvalue weighted by Crippen LogP contribution is 2.57. The van der Waals surface area contributed by atoms with E-state index in [9.17, 15) is 74.7 Å². The first-order valence-electron chi connectivity index (χ1n) is 23.5. The van der Waals surface area contributed by atoms with Crippen LogP contribution in [0.2, 0.25) is 0 Å². The van der Waals surface area contributed by atoms with Gasteiger partial charge in [-0.25, -0.2) is 4.79 Å². The highest BCUT2D eigenvalue weighted by molar-refractivity contribution is 6.31. The molecule has 8 rings (SSSR count). The molecule has 0 spiro atoms. The molecule has 12 atom stereocenters. The van der Waals surface area contributed by atoms with Crippen LogP contribution in [0.15, 0.2) is 54.6 Å². The minimum absolute atomic E-state index is 0.0165. The van der Waals surface area contributed by atoms with Gasteiger partial charge in [0.25, 0.3) is 5.91 Å². The molecule has 2 fully saturated rings. The number of phenolic OH excluding ortho intramolecular Hbond substituents is 3. The van der Waals surface area contributed by atoms with E-state index in [-0.39, 0.29) is 47.6 Å². The largest absolute Gasteiger partial charge is 0.507 e. The lowest BCUT2D eigenvalue weighted by atomic mass is 9.74. The summed E-state index contributed by atoms with van der Waals surface area (Å²) in [6, 6.07) is 10.6. The zero-order chi connectivity index (χ0) is 54.5. The van der Waals surface area contributed by atoms with Crippen molar-refractivity contribution >= 4 is 35.4 Å². The van der Waals surface area contributed by atoms with Gasteiger partial charge in [-0.2, -0.15) is 0 Å². The summed E-state index contributed by atoms with van der Waals surface area (Å²) >= 11 is 0. The molecule has 0 aromatic heterocycles. The minimum atomic E-state index is -2.03. The SMILES string of the molecule is COc1cc(O)c2c(c1)C(=O)c1c(cc3c(c1O)-c1c(cc(C)c(C(=O)N[C@H](C)C(=O)O)c1O)[C@H](O[C@@H]1O[C@H](C)[C@H](N(C)C(=O)CCNC(=O)OCc4ccccc4)[C@H](O[C@@H]4OC[C@@H](O)[C@H](O)[C@H]4O)[C@H]1O)[C@H]3O)C2=O. The molecule has 400 valence electrons. The van der Waals surface area contributed by atoms with Crippen molar-refractivity contribution in [3.63, 3.8) is 0 Å². The maximum Gasteiger partial charge on any atom is 0.407 e. The van der Waals surface area contributed by atoms with Gasteiger partial charge in [0.1, 0.15) is 78.4 Å². The fourth-order valence-electron chi connectivity index (χ4n) is 9.80. The van der Waals surface area contributed by atoms with Crippen LogP contribution >= 0.6 is 0 Å². The van der Waals surface area contributed by atoms with E-state index in [1.54, 1.807) is 30.3 Å². The van der Waals surface area contributed by atoms with Crippen molar-refractivity contribution < 1.29 is 103 Å². The van der Waals surface area contributed by atoms with Gasteiger partial charge in [-0.15, -0.1) is 0 Å². The zero-order valence-corrected chi connectivity index (χ0v) is 40.8. The van der Waals surface area contributed by atoms with Crippen molar-refractivity contribution in [1.82, 2.24) is 15.5 Å². The number of likely N-dealkylation sites (N-methyl/N-ethyl adjacent to an activating group) is 1. The van der Waals surface area contributed by atoms with E-state index in [2.05, 4.69) is 10.6 Å². The summed E-state index contributed by atoms with van der Waals surface area (Å²) in [5.74, 6) is -7.63. The number of amides is 3. The highest BCUT2D eigenvalue weighted by atomic mass is 16.7. The molecule has 4 aromatic carbocycles. The molecule has 0 saturated carbocycles. The third-order valence-electron chi connectivity index (χ3n) is 13.7. The third kappa shape index (κ3) is 10.1. The summed E-state index contributed by atoms with van der Waals surface area (Å²) < 4.78 is 34.7. The number of alkyl carbamates (subject to hydrolysis) is 1. The number of carboxylic acids is 1. The van der Waals surface area contributed by atoms with Gasteiger partial charge in [0.05, 0.1) is 42.6 Å². The second-order valence-electron chi connectivity index (χ2n) is 18.5. The average molecular weight is 1050 g/mol. The lowest BCUT2D eigenvalue weighted by Crippen LogP contribution is -2.66. The number of hydrogen-bond acceptors (Lipinski definition) is 20. The number of nitrogens with zero attached hydrogens (tertiary/aromatic N) is 1. The first-order valence-corrected chi connectivity index (χ1v) is 23.5. The summed E-state index contributed by atoms with van der Waals surface area (Å²) in [6.45, 7) is 3.19. The number of carboxylic acid groups (broad SMARTS) is 1. The highest BCUT2D eigenvalue weighted by Gasteiger charge is 2.53. The molecule has 0 bridgehead atoms. The van der Waals surface area contributed by atoms with Crippen molar-refractivity contribution in [3.8, 4) is 34.1 Å². The predicted octanol–water partition coefficient (Wildman–Crippen LogP) is 0.944. The van der Waals surface area contributed by atoms with Crippen LogP contribution in [0.1, 0.15) is 96.9 Å². The smallest absolute Gasteiger partial charge is 0.407 e.